The predicted octanol–water partition coefficient (Wildman–Crippen LogP) is 1.31. The van der Waals surface area contributed by atoms with E-state index in [1.165, 1.54) is 6.33 Å². The predicted molar refractivity (Wildman–Crippen MR) is 56.7 cm³/mol. The summed E-state index contributed by atoms with van der Waals surface area (Å²) < 4.78 is 0. The van der Waals surface area contributed by atoms with Crippen molar-refractivity contribution in [1.29, 1.82) is 0 Å². The normalized spacial score (nSPS) is 11.1. The summed E-state index contributed by atoms with van der Waals surface area (Å²) in [5.41, 5.74) is 0.0411. The Morgan fingerprint density at radius 3 is 2.73 bits per heavy atom. The fourth-order valence-corrected chi connectivity index (χ4v) is 0.938. The smallest absolute Gasteiger partial charge is 0.310 e. The van der Waals surface area contributed by atoms with E-state index in [0.717, 1.165) is 5.69 Å². The first kappa shape index (κ1) is 11.4. The van der Waals surface area contributed by atoms with E-state index < -0.39 is 11.4 Å². The highest BCUT2D eigenvalue weighted by molar-refractivity contribution is 5.74. The Kier molecular flexibility index (Phi) is 3.24. The molecule has 0 aliphatic carbocycles. The van der Waals surface area contributed by atoms with Gasteiger partial charge in [-0.05, 0) is 20.8 Å². The molecule has 0 bridgehead atoms. The molecule has 0 aliphatic heterocycles. The summed E-state index contributed by atoms with van der Waals surface area (Å²) in [5, 5.41) is 11.9. The fraction of sp³-hybridized carbons (Fsp3) is 0.500. The van der Waals surface area contributed by atoms with Crippen molar-refractivity contribution in [3.8, 4) is 0 Å². The van der Waals surface area contributed by atoms with Gasteiger partial charge in [0.25, 0.3) is 0 Å². The number of carboxylic acid groups (broad SMARTS) is 1. The number of hydrogen-bond acceptors (Lipinski definition) is 4. The maximum absolute atomic E-state index is 10.8. The van der Waals surface area contributed by atoms with E-state index in [9.17, 15) is 4.79 Å². The zero-order valence-electron chi connectivity index (χ0n) is 9.11. The lowest BCUT2D eigenvalue weighted by Crippen LogP contribution is -2.32. The molecule has 0 aromatic carbocycles. The third-order valence-electron chi connectivity index (χ3n) is 2.09. The molecule has 1 rings (SSSR count). The monoisotopic (exact) mass is 209 g/mol. The van der Waals surface area contributed by atoms with E-state index in [0.29, 0.717) is 12.4 Å². The quantitative estimate of drug-likeness (QED) is 0.782. The zero-order chi connectivity index (χ0) is 11.5. The highest BCUT2D eigenvalue weighted by atomic mass is 16.4. The van der Waals surface area contributed by atoms with Crippen LogP contribution in [0.2, 0.25) is 0 Å². The average Bonchev–Trinajstić information content (AvgIpc) is 2.15. The van der Waals surface area contributed by atoms with Crippen LogP contribution >= 0.6 is 0 Å². The number of carbonyl (C=O) groups is 1. The highest BCUT2D eigenvalue weighted by Crippen LogP contribution is 2.15. The molecule has 0 saturated carbocycles. The molecule has 82 valence electrons. The molecule has 5 nitrogen and oxygen atoms in total. The van der Waals surface area contributed by atoms with E-state index in [1.54, 1.807) is 19.9 Å². The van der Waals surface area contributed by atoms with E-state index >= 15 is 0 Å². The summed E-state index contributed by atoms with van der Waals surface area (Å²) in [6.07, 6.45) is 1.45. The number of carboxylic acids is 1. The van der Waals surface area contributed by atoms with Crippen molar-refractivity contribution in [2.24, 2.45) is 5.41 Å². The molecule has 2 N–H and O–H groups in total. The van der Waals surface area contributed by atoms with Gasteiger partial charge in [0.05, 0.1) is 5.41 Å². The molecule has 15 heavy (non-hydrogen) atoms. The van der Waals surface area contributed by atoms with Gasteiger partial charge in [-0.2, -0.15) is 0 Å². The molecule has 0 saturated heterocycles. The van der Waals surface area contributed by atoms with Crippen LogP contribution in [-0.2, 0) is 4.79 Å². The Morgan fingerprint density at radius 2 is 2.20 bits per heavy atom. The number of rotatable bonds is 4. The first-order chi connectivity index (χ1) is 6.92. The molecule has 0 atom stereocenters. The van der Waals surface area contributed by atoms with Crippen LogP contribution in [0, 0.1) is 12.3 Å². The lowest BCUT2D eigenvalue weighted by atomic mass is 9.94. The number of aryl methyl sites for hydroxylation is 1. The van der Waals surface area contributed by atoms with Crippen LogP contribution < -0.4 is 5.32 Å². The van der Waals surface area contributed by atoms with Crippen molar-refractivity contribution in [3.63, 3.8) is 0 Å². The van der Waals surface area contributed by atoms with Crippen LogP contribution in [-0.4, -0.2) is 27.6 Å². The van der Waals surface area contributed by atoms with E-state index in [-0.39, 0.29) is 0 Å². The molecule has 0 spiro atoms. The van der Waals surface area contributed by atoms with E-state index in [2.05, 4.69) is 15.3 Å². The topological polar surface area (TPSA) is 75.1 Å². The van der Waals surface area contributed by atoms with Crippen LogP contribution in [0.3, 0.4) is 0 Å². The molecule has 1 aromatic rings. The van der Waals surface area contributed by atoms with Crippen molar-refractivity contribution in [1.82, 2.24) is 9.97 Å². The number of aliphatic carboxylic acids is 1. The maximum atomic E-state index is 10.8. The number of nitrogens with zero attached hydrogens (tertiary/aromatic N) is 2. The van der Waals surface area contributed by atoms with Crippen molar-refractivity contribution < 1.29 is 9.90 Å². The number of hydrogen-bond donors (Lipinski definition) is 2. The van der Waals surface area contributed by atoms with Gasteiger partial charge in [-0.3, -0.25) is 4.79 Å². The minimum atomic E-state index is -0.833. The van der Waals surface area contributed by atoms with Crippen molar-refractivity contribution in [3.05, 3.63) is 18.1 Å². The van der Waals surface area contributed by atoms with Crippen LogP contribution in [0.5, 0.6) is 0 Å². The zero-order valence-corrected chi connectivity index (χ0v) is 9.11. The summed E-state index contributed by atoms with van der Waals surface area (Å²) in [6, 6.07) is 1.78. The summed E-state index contributed by atoms with van der Waals surface area (Å²) in [6.45, 7) is 5.51. The van der Waals surface area contributed by atoms with Crippen LogP contribution in [0.1, 0.15) is 19.5 Å². The molecule has 1 heterocycles. The minimum Gasteiger partial charge on any atom is -0.481 e. The van der Waals surface area contributed by atoms with Crippen molar-refractivity contribution >= 4 is 11.8 Å². The van der Waals surface area contributed by atoms with Gasteiger partial charge in [0, 0.05) is 18.3 Å². The third-order valence-corrected chi connectivity index (χ3v) is 2.09. The van der Waals surface area contributed by atoms with Gasteiger partial charge < -0.3 is 10.4 Å². The van der Waals surface area contributed by atoms with Gasteiger partial charge in [0.2, 0.25) is 0 Å². The summed E-state index contributed by atoms with van der Waals surface area (Å²) >= 11 is 0. The highest BCUT2D eigenvalue weighted by Gasteiger charge is 2.26. The van der Waals surface area contributed by atoms with Crippen LogP contribution in [0.25, 0.3) is 0 Å². The molecular formula is C10H15N3O2. The first-order valence-corrected chi connectivity index (χ1v) is 4.68. The Balaban J connectivity index is 2.61. The molecule has 0 amide bonds. The Labute approximate surface area is 88.6 Å². The summed E-state index contributed by atoms with van der Waals surface area (Å²) in [4.78, 5) is 18.8. The largest absolute Gasteiger partial charge is 0.481 e. The summed E-state index contributed by atoms with van der Waals surface area (Å²) in [5.74, 6) is -0.183. The minimum absolute atomic E-state index is 0.332. The first-order valence-electron chi connectivity index (χ1n) is 4.68. The number of aromatic nitrogens is 2. The molecule has 5 heteroatoms. The Bertz CT molecular complexity index is 363. The van der Waals surface area contributed by atoms with Gasteiger partial charge in [0.1, 0.15) is 12.1 Å². The molecule has 0 unspecified atom stereocenters. The van der Waals surface area contributed by atoms with E-state index in [4.69, 9.17) is 5.11 Å². The Hall–Kier alpha value is -1.65. The molecule has 0 aliphatic rings. The Morgan fingerprint density at radius 1 is 1.53 bits per heavy atom. The third kappa shape index (κ3) is 3.19. The second kappa shape index (κ2) is 4.25. The van der Waals surface area contributed by atoms with Crippen LogP contribution in [0.15, 0.2) is 12.4 Å². The molecule has 0 fully saturated rings. The van der Waals surface area contributed by atoms with Gasteiger partial charge >= 0.3 is 5.97 Å². The van der Waals surface area contributed by atoms with Crippen LogP contribution in [0.4, 0.5) is 5.82 Å². The summed E-state index contributed by atoms with van der Waals surface area (Å²) in [7, 11) is 0. The fourth-order valence-electron chi connectivity index (χ4n) is 0.938. The van der Waals surface area contributed by atoms with Crippen molar-refractivity contribution in [2.45, 2.75) is 20.8 Å². The lowest BCUT2D eigenvalue weighted by Gasteiger charge is -2.19. The second-order valence-electron chi connectivity index (χ2n) is 4.09. The average molecular weight is 209 g/mol. The standard InChI is InChI=1S/C10H15N3O2/c1-7-4-8(13-6-12-7)11-5-10(2,3)9(14)15/h4,6H,5H2,1-3H3,(H,14,15)(H,11,12,13). The second-order valence-corrected chi connectivity index (χ2v) is 4.09. The maximum Gasteiger partial charge on any atom is 0.310 e. The number of nitrogens with one attached hydrogen (secondary N) is 1. The van der Waals surface area contributed by atoms with Gasteiger partial charge in [-0.25, -0.2) is 9.97 Å². The SMILES string of the molecule is Cc1cc(NCC(C)(C)C(=O)O)ncn1. The van der Waals surface area contributed by atoms with Gasteiger partial charge in [-0.15, -0.1) is 0 Å². The molecule has 1 aromatic heterocycles. The van der Waals surface area contributed by atoms with Gasteiger partial charge in [0.15, 0.2) is 0 Å². The van der Waals surface area contributed by atoms with E-state index in [1.807, 2.05) is 6.92 Å². The lowest BCUT2D eigenvalue weighted by molar-refractivity contribution is -0.146. The number of anilines is 1. The van der Waals surface area contributed by atoms with Crippen molar-refractivity contribution in [2.75, 3.05) is 11.9 Å². The molecule has 0 radical (unpaired) electrons. The van der Waals surface area contributed by atoms with Gasteiger partial charge in [-0.1, -0.05) is 0 Å². The molecular weight excluding hydrogens is 194 g/mol.